The maximum absolute atomic E-state index is 13.6. The number of esters is 1. The van der Waals surface area contributed by atoms with Crippen LogP contribution in [0.5, 0.6) is 0 Å². The summed E-state index contributed by atoms with van der Waals surface area (Å²) in [7, 11) is 1.26. The van der Waals surface area contributed by atoms with E-state index in [1.165, 1.54) is 25.3 Å². The zero-order valence-electron chi connectivity index (χ0n) is 8.47. The minimum Gasteiger partial charge on any atom is -0.465 e. The lowest BCUT2D eigenvalue weighted by atomic mass is 10.1. The van der Waals surface area contributed by atoms with Crippen molar-refractivity contribution in [3.8, 4) is 0 Å². The fourth-order valence-electron chi connectivity index (χ4n) is 1.82. The van der Waals surface area contributed by atoms with Crippen LogP contribution in [0, 0.1) is 0 Å². The van der Waals surface area contributed by atoms with E-state index in [1.807, 2.05) is 0 Å². The van der Waals surface area contributed by atoms with E-state index in [9.17, 15) is 13.6 Å². The van der Waals surface area contributed by atoms with Crippen LogP contribution >= 0.6 is 15.9 Å². The topological polar surface area (TPSA) is 26.3 Å². The van der Waals surface area contributed by atoms with Crippen molar-refractivity contribution in [2.24, 2.45) is 0 Å². The molecule has 0 radical (unpaired) electrons. The van der Waals surface area contributed by atoms with Crippen LogP contribution in [-0.4, -0.2) is 17.9 Å². The third-order valence-electron chi connectivity index (χ3n) is 2.68. The minimum absolute atomic E-state index is 0.0120. The Labute approximate surface area is 99.7 Å². The van der Waals surface area contributed by atoms with Crippen LogP contribution in [-0.2, 0) is 17.1 Å². The van der Waals surface area contributed by atoms with Crippen LogP contribution in [0.3, 0.4) is 0 Å². The second-order valence-electron chi connectivity index (χ2n) is 3.66. The van der Waals surface area contributed by atoms with Crippen molar-refractivity contribution in [3.63, 3.8) is 0 Å². The molecule has 2 rings (SSSR count). The summed E-state index contributed by atoms with van der Waals surface area (Å²) in [6.07, 6.45) is 0.215. The number of carbonyl (C=O) groups excluding carboxylic acids is 1. The summed E-state index contributed by atoms with van der Waals surface area (Å²) in [5.41, 5.74) is 0.787. The van der Waals surface area contributed by atoms with Crippen LogP contribution in [0.25, 0.3) is 0 Å². The van der Waals surface area contributed by atoms with Gasteiger partial charge in [0, 0.05) is 5.56 Å². The van der Waals surface area contributed by atoms with Crippen molar-refractivity contribution in [1.29, 1.82) is 0 Å². The SMILES string of the molecule is COC(=O)c1ccc2c(c1)CC(Br)C2(F)F. The Balaban J connectivity index is 2.44. The van der Waals surface area contributed by atoms with Crippen molar-refractivity contribution >= 4 is 21.9 Å². The first-order valence-corrected chi connectivity index (χ1v) is 5.62. The molecule has 2 nitrogen and oxygen atoms in total. The number of halogens is 3. The summed E-state index contributed by atoms with van der Waals surface area (Å²) in [5, 5.41) is 0. The number of carbonyl (C=O) groups is 1. The van der Waals surface area contributed by atoms with E-state index in [2.05, 4.69) is 20.7 Å². The van der Waals surface area contributed by atoms with E-state index in [0.717, 1.165) is 0 Å². The van der Waals surface area contributed by atoms with Crippen molar-refractivity contribution in [1.82, 2.24) is 0 Å². The van der Waals surface area contributed by atoms with Gasteiger partial charge in [-0.1, -0.05) is 22.0 Å². The maximum Gasteiger partial charge on any atom is 0.337 e. The highest BCUT2D eigenvalue weighted by atomic mass is 79.9. The number of rotatable bonds is 1. The fourth-order valence-corrected chi connectivity index (χ4v) is 2.42. The van der Waals surface area contributed by atoms with E-state index in [-0.39, 0.29) is 12.0 Å². The summed E-state index contributed by atoms with van der Waals surface area (Å²) < 4.78 is 31.7. The van der Waals surface area contributed by atoms with Crippen LogP contribution in [0.1, 0.15) is 21.5 Å². The summed E-state index contributed by atoms with van der Waals surface area (Å²) in [4.78, 5) is 10.3. The lowest BCUT2D eigenvalue weighted by Gasteiger charge is -2.13. The van der Waals surface area contributed by atoms with E-state index in [1.54, 1.807) is 0 Å². The molecule has 16 heavy (non-hydrogen) atoms. The van der Waals surface area contributed by atoms with Gasteiger partial charge in [0.1, 0.15) is 0 Å². The quantitative estimate of drug-likeness (QED) is 0.587. The molecule has 0 fully saturated rings. The molecule has 86 valence electrons. The smallest absolute Gasteiger partial charge is 0.337 e. The first kappa shape index (κ1) is 11.5. The largest absolute Gasteiger partial charge is 0.465 e. The molecular weight excluding hydrogens is 282 g/mol. The van der Waals surface area contributed by atoms with Gasteiger partial charge in [-0.25, -0.2) is 13.6 Å². The second-order valence-corrected chi connectivity index (χ2v) is 4.76. The number of methoxy groups -OCH3 is 1. The molecule has 0 spiro atoms. The van der Waals surface area contributed by atoms with E-state index in [4.69, 9.17) is 0 Å². The molecule has 0 aromatic heterocycles. The van der Waals surface area contributed by atoms with Crippen molar-refractivity contribution in [3.05, 3.63) is 34.9 Å². The summed E-state index contributed by atoms with van der Waals surface area (Å²) in [6.45, 7) is 0. The van der Waals surface area contributed by atoms with Gasteiger partial charge in [0.15, 0.2) is 0 Å². The van der Waals surface area contributed by atoms with Gasteiger partial charge >= 0.3 is 5.97 Å². The molecule has 1 atom stereocenters. The van der Waals surface area contributed by atoms with Gasteiger partial charge in [0.05, 0.1) is 17.5 Å². The number of hydrogen-bond acceptors (Lipinski definition) is 2. The molecule has 1 aliphatic rings. The van der Waals surface area contributed by atoms with Crippen molar-refractivity contribution < 1.29 is 18.3 Å². The zero-order chi connectivity index (χ0) is 11.9. The Hall–Kier alpha value is -0.970. The summed E-state index contributed by atoms with van der Waals surface area (Å²) in [6, 6.07) is 4.13. The number of benzene rings is 1. The number of alkyl halides is 3. The highest BCUT2D eigenvalue weighted by molar-refractivity contribution is 9.09. The lowest BCUT2D eigenvalue weighted by Crippen LogP contribution is -2.20. The Kier molecular flexibility index (Phi) is 2.74. The molecule has 0 aliphatic heterocycles. The van der Waals surface area contributed by atoms with Gasteiger partial charge in [-0.15, -0.1) is 0 Å². The highest BCUT2D eigenvalue weighted by Gasteiger charge is 2.47. The van der Waals surface area contributed by atoms with Crippen molar-refractivity contribution in [2.45, 2.75) is 17.2 Å². The minimum atomic E-state index is -2.87. The Morgan fingerprint density at radius 3 is 2.88 bits per heavy atom. The third-order valence-corrected chi connectivity index (χ3v) is 3.58. The normalized spacial score (nSPS) is 21.6. The second kappa shape index (κ2) is 3.80. The first-order valence-electron chi connectivity index (χ1n) is 4.70. The average Bonchev–Trinajstić information content (AvgIpc) is 2.48. The molecule has 1 aliphatic carbocycles. The van der Waals surface area contributed by atoms with E-state index >= 15 is 0 Å². The van der Waals surface area contributed by atoms with Crippen LogP contribution in [0.4, 0.5) is 8.78 Å². The highest BCUT2D eigenvalue weighted by Crippen LogP contribution is 2.45. The van der Waals surface area contributed by atoms with Crippen molar-refractivity contribution in [2.75, 3.05) is 7.11 Å². The monoisotopic (exact) mass is 290 g/mol. The number of hydrogen-bond donors (Lipinski definition) is 0. The molecule has 0 bridgehead atoms. The molecule has 1 unspecified atom stereocenters. The standard InChI is InChI=1S/C11H9BrF2O2/c1-16-10(15)6-2-3-8-7(4-6)5-9(12)11(8,13)14/h2-4,9H,5H2,1H3. The first-order chi connectivity index (χ1) is 7.46. The zero-order valence-corrected chi connectivity index (χ0v) is 10.1. The van der Waals surface area contributed by atoms with Crippen LogP contribution in [0.15, 0.2) is 18.2 Å². The number of ether oxygens (including phenoxy) is 1. The van der Waals surface area contributed by atoms with Gasteiger partial charge in [0.2, 0.25) is 0 Å². The summed E-state index contributed by atoms with van der Waals surface area (Å²) >= 11 is 2.95. The van der Waals surface area contributed by atoms with Gasteiger partial charge < -0.3 is 4.74 Å². The molecular formula is C11H9BrF2O2. The van der Waals surface area contributed by atoms with Crippen LogP contribution in [0.2, 0.25) is 0 Å². The number of fused-ring (bicyclic) bond motifs is 1. The van der Waals surface area contributed by atoms with E-state index < -0.39 is 16.7 Å². The Morgan fingerprint density at radius 2 is 2.25 bits per heavy atom. The average molecular weight is 291 g/mol. The summed E-state index contributed by atoms with van der Waals surface area (Å²) in [5.74, 6) is -3.38. The molecule has 1 aromatic carbocycles. The van der Waals surface area contributed by atoms with Gasteiger partial charge in [0.25, 0.3) is 5.92 Å². The Bertz CT molecular complexity index is 446. The van der Waals surface area contributed by atoms with Gasteiger partial charge in [-0.2, -0.15) is 0 Å². The molecule has 0 saturated heterocycles. The molecule has 0 heterocycles. The molecule has 1 aromatic rings. The predicted octanol–water partition coefficient (Wildman–Crippen LogP) is 2.88. The predicted molar refractivity (Wildman–Crippen MR) is 58.1 cm³/mol. The Morgan fingerprint density at radius 1 is 1.56 bits per heavy atom. The molecule has 0 amide bonds. The molecule has 0 saturated carbocycles. The maximum atomic E-state index is 13.6. The van der Waals surface area contributed by atoms with Crippen LogP contribution < -0.4 is 0 Å². The van der Waals surface area contributed by atoms with E-state index in [0.29, 0.717) is 11.1 Å². The van der Waals surface area contributed by atoms with Gasteiger partial charge in [-0.3, -0.25) is 0 Å². The fraction of sp³-hybridized carbons (Fsp3) is 0.364. The van der Waals surface area contributed by atoms with Gasteiger partial charge in [-0.05, 0) is 24.1 Å². The molecule has 5 heteroatoms. The molecule has 0 N–H and O–H groups in total. The third kappa shape index (κ3) is 1.63. The lowest BCUT2D eigenvalue weighted by molar-refractivity contribution is 0.00629.